The Morgan fingerprint density at radius 1 is 1.00 bits per heavy atom. The standard InChI is InChI=1S/C15H30N2/c1-14(2)13(15(14,3)4)17-10-12-8-6-5-7-11(12)9-16/h11-13,17H,5-10,16H2,1-4H3. The Labute approximate surface area is 107 Å². The molecule has 2 unspecified atom stereocenters. The van der Waals surface area contributed by atoms with E-state index in [0.717, 1.165) is 18.4 Å². The van der Waals surface area contributed by atoms with Gasteiger partial charge < -0.3 is 11.1 Å². The molecule has 100 valence electrons. The highest BCUT2D eigenvalue weighted by atomic mass is 15.0. The summed E-state index contributed by atoms with van der Waals surface area (Å²) in [6.45, 7) is 11.6. The van der Waals surface area contributed by atoms with Crippen molar-refractivity contribution in [3.8, 4) is 0 Å². The highest BCUT2D eigenvalue weighted by Crippen LogP contribution is 2.62. The molecule has 0 heterocycles. The van der Waals surface area contributed by atoms with Gasteiger partial charge in [0.05, 0.1) is 0 Å². The molecular weight excluding hydrogens is 208 g/mol. The van der Waals surface area contributed by atoms with Gasteiger partial charge in [0.25, 0.3) is 0 Å². The van der Waals surface area contributed by atoms with E-state index in [4.69, 9.17) is 5.73 Å². The van der Waals surface area contributed by atoms with Crippen LogP contribution in [0.2, 0.25) is 0 Å². The monoisotopic (exact) mass is 238 g/mol. The molecule has 0 aromatic carbocycles. The molecule has 17 heavy (non-hydrogen) atoms. The minimum Gasteiger partial charge on any atom is -0.330 e. The fourth-order valence-electron chi connectivity index (χ4n) is 3.84. The van der Waals surface area contributed by atoms with Crippen LogP contribution >= 0.6 is 0 Å². The van der Waals surface area contributed by atoms with Gasteiger partial charge in [-0.15, -0.1) is 0 Å². The van der Waals surface area contributed by atoms with Crippen LogP contribution in [0.25, 0.3) is 0 Å². The van der Waals surface area contributed by atoms with E-state index in [1.54, 1.807) is 0 Å². The molecule has 2 aliphatic carbocycles. The molecule has 0 spiro atoms. The van der Waals surface area contributed by atoms with Crippen LogP contribution in [0.1, 0.15) is 53.4 Å². The molecule has 2 aliphatic rings. The summed E-state index contributed by atoms with van der Waals surface area (Å²) in [6, 6.07) is 0.690. The van der Waals surface area contributed by atoms with E-state index in [2.05, 4.69) is 33.0 Å². The molecule has 0 aromatic rings. The molecule has 0 amide bonds. The number of nitrogens with two attached hydrogens (primary N) is 1. The van der Waals surface area contributed by atoms with Gasteiger partial charge in [-0.25, -0.2) is 0 Å². The fourth-order valence-corrected chi connectivity index (χ4v) is 3.84. The first kappa shape index (κ1) is 13.4. The van der Waals surface area contributed by atoms with Gasteiger partial charge in [-0.05, 0) is 48.6 Å². The van der Waals surface area contributed by atoms with Crippen molar-refractivity contribution in [1.82, 2.24) is 5.32 Å². The molecule has 2 nitrogen and oxygen atoms in total. The molecule has 3 N–H and O–H groups in total. The van der Waals surface area contributed by atoms with E-state index in [1.807, 2.05) is 0 Å². The van der Waals surface area contributed by atoms with E-state index >= 15 is 0 Å². The highest BCUT2D eigenvalue weighted by molar-refractivity contribution is 5.17. The summed E-state index contributed by atoms with van der Waals surface area (Å²) in [5.41, 5.74) is 6.81. The van der Waals surface area contributed by atoms with Gasteiger partial charge in [-0.2, -0.15) is 0 Å². The third kappa shape index (κ3) is 2.26. The largest absolute Gasteiger partial charge is 0.330 e. The third-order valence-corrected chi connectivity index (χ3v) is 5.97. The van der Waals surface area contributed by atoms with Crippen LogP contribution in [-0.4, -0.2) is 19.1 Å². The number of nitrogens with one attached hydrogen (secondary N) is 1. The van der Waals surface area contributed by atoms with Crippen molar-refractivity contribution >= 4 is 0 Å². The second kappa shape index (κ2) is 4.55. The van der Waals surface area contributed by atoms with Gasteiger partial charge in [0, 0.05) is 6.04 Å². The van der Waals surface area contributed by atoms with E-state index in [1.165, 1.54) is 32.2 Å². The van der Waals surface area contributed by atoms with Crippen molar-refractivity contribution < 1.29 is 0 Å². The van der Waals surface area contributed by atoms with Crippen molar-refractivity contribution in [2.45, 2.75) is 59.4 Å². The zero-order valence-corrected chi connectivity index (χ0v) is 12.1. The van der Waals surface area contributed by atoms with Crippen LogP contribution in [0.4, 0.5) is 0 Å². The second-order valence-electron chi connectivity index (χ2n) is 7.32. The third-order valence-electron chi connectivity index (χ3n) is 5.97. The van der Waals surface area contributed by atoms with Crippen molar-refractivity contribution in [3.63, 3.8) is 0 Å². The molecule has 2 rings (SSSR count). The molecule has 2 atom stereocenters. The Morgan fingerprint density at radius 2 is 1.53 bits per heavy atom. The first-order valence-electron chi connectivity index (χ1n) is 7.34. The van der Waals surface area contributed by atoms with E-state index < -0.39 is 0 Å². The number of hydrogen-bond acceptors (Lipinski definition) is 2. The average Bonchev–Trinajstić information content (AvgIpc) is 2.67. The predicted molar refractivity (Wildman–Crippen MR) is 73.9 cm³/mol. The summed E-state index contributed by atoms with van der Waals surface area (Å²) in [6.07, 6.45) is 5.52. The van der Waals surface area contributed by atoms with Crippen molar-refractivity contribution in [3.05, 3.63) is 0 Å². The smallest absolute Gasteiger partial charge is 0.0181 e. The molecule has 0 aromatic heterocycles. The topological polar surface area (TPSA) is 38.0 Å². The molecule has 2 fully saturated rings. The highest BCUT2D eigenvalue weighted by Gasteiger charge is 2.64. The fraction of sp³-hybridized carbons (Fsp3) is 1.00. The molecule has 0 aliphatic heterocycles. The first-order valence-corrected chi connectivity index (χ1v) is 7.34. The van der Waals surface area contributed by atoms with Crippen molar-refractivity contribution in [2.75, 3.05) is 13.1 Å². The van der Waals surface area contributed by atoms with Gasteiger partial charge in [0.15, 0.2) is 0 Å². The van der Waals surface area contributed by atoms with E-state index in [0.29, 0.717) is 16.9 Å². The Morgan fingerprint density at radius 3 is 2.00 bits per heavy atom. The lowest BCUT2D eigenvalue weighted by atomic mass is 9.79. The Balaban J connectivity index is 1.82. The molecule has 0 radical (unpaired) electrons. The molecule has 2 saturated carbocycles. The van der Waals surface area contributed by atoms with Crippen LogP contribution < -0.4 is 11.1 Å². The molecule has 0 bridgehead atoms. The summed E-state index contributed by atoms with van der Waals surface area (Å²) >= 11 is 0. The lowest BCUT2D eigenvalue weighted by Crippen LogP contribution is -2.36. The van der Waals surface area contributed by atoms with Gasteiger partial charge in [0.1, 0.15) is 0 Å². The normalized spacial score (nSPS) is 35.8. The Hall–Kier alpha value is -0.0800. The van der Waals surface area contributed by atoms with Crippen LogP contribution in [0, 0.1) is 22.7 Å². The van der Waals surface area contributed by atoms with Crippen LogP contribution in [0.5, 0.6) is 0 Å². The van der Waals surface area contributed by atoms with Crippen LogP contribution in [0.15, 0.2) is 0 Å². The van der Waals surface area contributed by atoms with Crippen molar-refractivity contribution in [1.29, 1.82) is 0 Å². The van der Waals surface area contributed by atoms with Gasteiger partial charge >= 0.3 is 0 Å². The lowest BCUT2D eigenvalue weighted by molar-refractivity contribution is 0.232. The summed E-state index contributed by atoms with van der Waals surface area (Å²) in [5, 5.41) is 3.82. The number of rotatable bonds is 4. The summed E-state index contributed by atoms with van der Waals surface area (Å²) in [4.78, 5) is 0. The van der Waals surface area contributed by atoms with Crippen molar-refractivity contribution in [2.24, 2.45) is 28.4 Å². The summed E-state index contributed by atoms with van der Waals surface area (Å²) in [7, 11) is 0. The quantitative estimate of drug-likeness (QED) is 0.790. The average molecular weight is 238 g/mol. The maximum absolute atomic E-state index is 5.89. The van der Waals surface area contributed by atoms with Crippen LogP contribution in [0.3, 0.4) is 0 Å². The minimum absolute atomic E-state index is 0.458. The Kier molecular flexibility index (Phi) is 3.57. The zero-order chi connectivity index (χ0) is 12.7. The van der Waals surface area contributed by atoms with Gasteiger partial charge in [-0.3, -0.25) is 0 Å². The molecule has 2 heteroatoms. The first-order chi connectivity index (χ1) is 7.91. The maximum atomic E-state index is 5.89. The molecular formula is C15H30N2. The summed E-state index contributed by atoms with van der Waals surface area (Å²) in [5.74, 6) is 1.59. The van der Waals surface area contributed by atoms with Gasteiger partial charge in [0.2, 0.25) is 0 Å². The van der Waals surface area contributed by atoms with Gasteiger partial charge in [-0.1, -0.05) is 40.5 Å². The predicted octanol–water partition coefficient (Wildman–Crippen LogP) is 2.78. The molecule has 0 saturated heterocycles. The van der Waals surface area contributed by atoms with Crippen LogP contribution in [-0.2, 0) is 0 Å². The SMILES string of the molecule is CC1(C)C(NCC2CCCCC2CN)C1(C)C. The maximum Gasteiger partial charge on any atom is 0.0181 e. The number of hydrogen-bond donors (Lipinski definition) is 2. The Bertz CT molecular complexity index is 256. The summed E-state index contributed by atoms with van der Waals surface area (Å²) < 4.78 is 0. The lowest BCUT2D eigenvalue weighted by Gasteiger charge is -2.31. The zero-order valence-electron chi connectivity index (χ0n) is 12.1. The van der Waals surface area contributed by atoms with E-state index in [9.17, 15) is 0 Å². The second-order valence-corrected chi connectivity index (χ2v) is 7.32. The van der Waals surface area contributed by atoms with E-state index in [-0.39, 0.29) is 0 Å². The minimum atomic E-state index is 0.458.